The number of nitro groups is 1. The number of rotatable bonds is 5. The van der Waals surface area contributed by atoms with E-state index in [4.69, 9.17) is 0 Å². The molecule has 6 heteroatoms. The Hall–Kier alpha value is -1.43. The number of nitrogens with zero attached hydrogens (tertiary/aromatic N) is 2. The summed E-state index contributed by atoms with van der Waals surface area (Å²) in [5.74, 6) is -0.518. The molecule has 0 aliphatic rings. The van der Waals surface area contributed by atoms with Gasteiger partial charge in [-0.25, -0.2) is 4.39 Å². The maximum atomic E-state index is 13.5. The number of benzene rings is 1. The molecule has 0 radical (unpaired) electrons. The van der Waals surface area contributed by atoms with E-state index in [9.17, 15) is 14.5 Å². The standard InChI is InChI=1S/C14H18BrFN2O2/c1-9(2)17(10(3)4)6-5-11-7-13(16)12(15)8-14(11)18(19)20/h5-10H,1-4H3/b6-5+. The first-order valence-corrected chi connectivity index (χ1v) is 7.12. The molecule has 0 atom stereocenters. The van der Waals surface area contributed by atoms with Gasteiger partial charge >= 0.3 is 0 Å². The van der Waals surface area contributed by atoms with Crippen molar-refractivity contribution in [2.45, 2.75) is 39.8 Å². The van der Waals surface area contributed by atoms with Crippen molar-refractivity contribution in [3.05, 3.63) is 44.3 Å². The molecule has 110 valence electrons. The summed E-state index contributed by atoms with van der Waals surface area (Å²) in [7, 11) is 0. The minimum atomic E-state index is -0.518. The van der Waals surface area contributed by atoms with Crippen LogP contribution < -0.4 is 0 Å². The highest BCUT2D eigenvalue weighted by Gasteiger charge is 2.16. The van der Waals surface area contributed by atoms with Crippen LogP contribution in [0.3, 0.4) is 0 Å². The molecule has 0 saturated carbocycles. The molecular formula is C14H18BrFN2O2. The topological polar surface area (TPSA) is 46.4 Å². The van der Waals surface area contributed by atoms with Crippen molar-refractivity contribution in [1.82, 2.24) is 4.90 Å². The van der Waals surface area contributed by atoms with Crippen molar-refractivity contribution in [2.75, 3.05) is 0 Å². The predicted octanol–water partition coefficient (Wildman–Crippen LogP) is 4.59. The van der Waals surface area contributed by atoms with Crippen LogP contribution in [0.25, 0.3) is 6.08 Å². The van der Waals surface area contributed by atoms with Crippen LogP contribution in [0, 0.1) is 15.9 Å². The fraction of sp³-hybridized carbons (Fsp3) is 0.429. The van der Waals surface area contributed by atoms with E-state index in [1.807, 2.05) is 32.6 Å². The summed E-state index contributed by atoms with van der Waals surface area (Å²) in [5.41, 5.74) is 0.129. The monoisotopic (exact) mass is 344 g/mol. The highest BCUT2D eigenvalue weighted by Crippen LogP contribution is 2.27. The van der Waals surface area contributed by atoms with Gasteiger partial charge in [0.15, 0.2) is 0 Å². The first kappa shape index (κ1) is 16.6. The lowest BCUT2D eigenvalue weighted by Crippen LogP contribution is -2.31. The van der Waals surface area contributed by atoms with Gasteiger partial charge in [-0.3, -0.25) is 10.1 Å². The van der Waals surface area contributed by atoms with Crippen LogP contribution in [0.15, 0.2) is 22.8 Å². The summed E-state index contributed by atoms with van der Waals surface area (Å²) < 4.78 is 13.6. The van der Waals surface area contributed by atoms with E-state index in [0.29, 0.717) is 0 Å². The Morgan fingerprint density at radius 2 is 1.85 bits per heavy atom. The molecule has 0 saturated heterocycles. The lowest BCUT2D eigenvalue weighted by molar-refractivity contribution is -0.385. The van der Waals surface area contributed by atoms with E-state index in [1.165, 1.54) is 6.07 Å². The highest BCUT2D eigenvalue weighted by molar-refractivity contribution is 9.10. The molecule has 0 bridgehead atoms. The van der Waals surface area contributed by atoms with Crippen molar-refractivity contribution in [2.24, 2.45) is 0 Å². The number of nitro benzene ring substituents is 1. The fourth-order valence-electron chi connectivity index (χ4n) is 1.95. The molecule has 0 unspecified atom stereocenters. The van der Waals surface area contributed by atoms with E-state index >= 15 is 0 Å². The Labute approximate surface area is 126 Å². The summed E-state index contributed by atoms with van der Waals surface area (Å²) in [6.07, 6.45) is 3.35. The Morgan fingerprint density at radius 1 is 1.30 bits per heavy atom. The summed E-state index contributed by atoms with van der Waals surface area (Å²) in [4.78, 5) is 12.5. The molecule has 4 nitrogen and oxygen atoms in total. The van der Waals surface area contributed by atoms with Crippen molar-refractivity contribution in [3.63, 3.8) is 0 Å². The second kappa shape index (κ2) is 6.83. The largest absolute Gasteiger partial charge is 0.373 e. The number of halogens is 2. The SMILES string of the molecule is CC(C)N(/C=C/c1cc(F)c(Br)cc1[N+](=O)[O-])C(C)C. The Bertz CT molecular complexity index is 522. The average Bonchev–Trinajstić information content (AvgIpc) is 2.32. The van der Waals surface area contributed by atoms with Gasteiger partial charge in [0.1, 0.15) is 5.82 Å². The zero-order valence-corrected chi connectivity index (χ0v) is 13.5. The van der Waals surface area contributed by atoms with Gasteiger partial charge in [-0.1, -0.05) is 0 Å². The summed E-state index contributed by atoms with van der Waals surface area (Å²) in [5, 5.41) is 11.0. The van der Waals surface area contributed by atoms with Gasteiger partial charge in [-0.2, -0.15) is 0 Å². The van der Waals surface area contributed by atoms with Gasteiger partial charge in [-0.15, -0.1) is 0 Å². The summed E-state index contributed by atoms with van der Waals surface area (Å²) in [6.45, 7) is 8.11. The number of hydrogen-bond donors (Lipinski definition) is 0. The fourth-order valence-corrected chi connectivity index (χ4v) is 2.28. The lowest BCUT2D eigenvalue weighted by atomic mass is 10.1. The molecule has 0 aromatic heterocycles. The minimum absolute atomic E-state index is 0.0888. The normalized spacial score (nSPS) is 11.6. The summed E-state index contributed by atoms with van der Waals surface area (Å²) >= 11 is 2.96. The van der Waals surface area contributed by atoms with Crippen LogP contribution in [0.4, 0.5) is 10.1 Å². The molecule has 1 aromatic carbocycles. The van der Waals surface area contributed by atoms with Crippen molar-refractivity contribution in [3.8, 4) is 0 Å². The average molecular weight is 345 g/mol. The second-order valence-electron chi connectivity index (χ2n) is 5.03. The van der Waals surface area contributed by atoms with Gasteiger partial charge in [0.2, 0.25) is 0 Å². The zero-order chi connectivity index (χ0) is 15.4. The van der Waals surface area contributed by atoms with Crippen molar-refractivity contribution >= 4 is 27.7 Å². The van der Waals surface area contributed by atoms with Crippen LogP contribution >= 0.6 is 15.9 Å². The third kappa shape index (κ3) is 4.03. The van der Waals surface area contributed by atoms with Crippen LogP contribution in [-0.2, 0) is 0 Å². The molecule has 1 rings (SSSR count). The van der Waals surface area contributed by atoms with Gasteiger partial charge in [-0.05, 0) is 55.8 Å². The highest BCUT2D eigenvalue weighted by atomic mass is 79.9. The first-order chi connectivity index (χ1) is 9.23. The van der Waals surface area contributed by atoms with Gasteiger partial charge in [0.05, 0.1) is 15.0 Å². The van der Waals surface area contributed by atoms with E-state index in [1.54, 1.807) is 12.3 Å². The van der Waals surface area contributed by atoms with Gasteiger partial charge in [0, 0.05) is 24.4 Å². The molecule has 0 heterocycles. The van der Waals surface area contributed by atoms with Gasteiger partial charge < -0.3 is 4.90 Å². The third-order valence-electron chi connectivity index (χ3n) is 2.89. The quantitative estimate of drug-likeness (QED) is 0.579. The molecule has 1 aromatic rings. The maximum Gasteiger partial charge on any atom is 0.277 e. The van der Waals surface area contributed by atoms with Crippen LogP contribution in [0.2, 0.25) is 0 Å². The molecular weight excluding hydrogens is 327 g/mol. The van der Waals surface area contributed by atoms with Crippen LogP contribution in [0.5, 0.6) is 0 Å². The molecule has 0 aliphatic heterocycles. The molecule has 0 amide bonds. The third-order valence-corrected chi connectivity index (χ3v) is 3.49. The van der Waals surface area contributed by atoms with E-state index in [0.717, 1.165) is 6.07 Å². The van der Waals surface area contributed by atoms with Crippen molar-refractivity contribution in [1.29, 1.82) is 0 Å². The smallest absolute Gasteiger partial charge is 0.277 e. The molecule has 0 aliphatic carbocycles. The van der Waals surface area contributed by atoms with E-state index in [-0.39, 0.29) is 27.8 Å². The molecule has 20 heavy (non-hydrogen) atoms. The van der Waals surface area contributed by atoms with Crippen LogP contribution in [0.1, 0.15) is 33.3 Å². The first-order valence-electron chi connectivity index (χ1n) is 6.33. The van der Waals surface area contributed by atoms with Gasteiger partial charge in [0.25, 0.3) is 5.69 Å². The van der Waals surface area contributed by atoms with Crippen molar-refractivity contribution < 1.29 is 9.31 Å². The second-order valence-corrected chi connectivity index (χ2v) is 5.89. The number of hydrogen-bond acceptors (Lipinski definition) is 3. The Balaban J connectivity index is 3.19. The zero-order valence-electron chi connectivity index (χ0n) is 11.9. The predicted molar refractivity (Wildman–Crippen MR) is 81.9 cm³/mol. The Kier molecular flexibility index (Phi) is 5.68. The molecule has 0 N–H and O–H groups in total. The van der Waals surface area contributed by atoms with E-state index in [2.05, 4.69) is 15.9 Å². The van der Waals surface area contributed by atoms with Crippen LogP contribution in [-0.4, -0.2) is 21.9 Å². The maximum absolute atomic E-state index is 13.5. The molecule has 0 spiro atoms. The Morgan fingerprint density at radius 3 is 2.30 bits per heavy atom. The minimum Gasteiger partial charge on any atom is -0.373 e. The van der Waals surface area contributed by atoms with E-state index < -0.39 is 10.7 Å². The molecule has 0 fully saturated rings. The summed E-state index contributed by atoms with van der Waals surface area (Å²) in [6, 6.07) is 2.86. The lowest BCUT2D eigenvalue weighted by Gasteiger charge is -2.29.